The zero-order valence-electron chi connectivity index (χ0n) is 12.0. The van der Waals surface area contributed by atoms with E-state index in [4.69, 9.17) is 4.74 Å². The monoisotopic (exact) mass is 288 g/mol. The Hall–Kier alpha value is -1.76. The lowest BCUT2D eigenvalue weighted by Crippen LogP contribution is -2.40. The molecule has 0 saturated carbocycles. The first-order chi connectivity index (χ1) is 10.3. The first-order valence-electron chi connectivity index (χ1n) is 7.32. The molecule has 1 fully saturated rings. The van der Waals surface area contributed by atoms with Gasteiger partial charge in [-0.25, -0.2) is 4.98 Å². The van der Waals surface area contributed by atoms with E-state index in [2.05, 4.69) is 20.2 Å². The number of benzene rings is 1. The van der Waals surface area contributed by atoms with Crippen molar-refractivity contribution in [2.45, 2.75) is 6.54 Å². The third-order valence-corrected chi connectivity index (χ3v) is 3.66. The van der Waals surface area contributed by atoms with Crippen LogP contribution in [0.5, 0.6) is 0 Å². The molecule has 0 amide bonds. The molecule has 0 atom stereocenters. The van der Waals surface area contributed by atoms with Crippen LogP contribution in [0.1, 0.15) is 5.82 Å². The first-order valence-corrected chi connectivity index (χ1v) is 7.32. The second kappa shape index (κ2) is 6.80. The molecule has 112 valence electrons. The van der Waals surface area contributed by atoms with E-state index < -0.39 is 0 Å². The largest absolute Gasteiger partial charge is 0.379 e. The summed E-state index contributed by atoms with van der Waals surface area (Å²) in [6.07, 6.45) is 0. The Morgan fingerprint density at radius 1 is 1.29 bits per heavy atom. The van der Waals surface area contributed by atoms with Crippen LogP contribution >= 0.6 is 0 Å². The van der Waals surface area contributed by atoms with Crippen LogP contribution in [0.4, 0.5) is 0 Å². The number of hydrogen-bond acceptors (Lipinski definition) is 5. The highest BCUT2D eigenvalue weighted by Gasteiger charge is 2.09. The number of nitrogens with zero attached hydrogens (tertiary/aromatic N) is 2. The van der Waals surface area contributed by atoms with Crippen molar-refractivity contribution in [2.75, 3.05) is 39.4 Å². The Morgan fingerprint density at radius 2 is 2.10 bits per heavy atom. The van der Waals surface area contributed by atoms with Gasteiger partial charge in [0.05, 0.1) is 30.7 Å². The van der Waals surface area contributed by atoms with Gasteiger partial charge < -0.3 is 15.0 Å². The number of fused-ring (bicyclic) bond motifs is 1. The lowest BCUT2D eigenvalue weighted by molar-refractivity contribution is 0.0384. The second-order valence-corrected chi connectivity index (χ2v) is 5.16. The Kier molecular flexibility index (Phi) is 4.59. The molecule has 6 heteroatoms. The maximum Gasteiger partial charge on any atom is 0.258 e. The molecule has 0 unspecified atom stereocenters. The Labute approximate surface area is 123 Å². The van der Waals surface area contributed by atoms with E-state index in [9.17, 15) is 4.79 Å². The van der Waals surface area contributed by atoms with E-state index in [1.165, 1.54) is 0 Å². The summed E-state index contributed by atoms with van der Waals surface area (Å²) >= 11 is 0. The maximum absolute atomic E-state index is 11.9. The number of hydrogen-bond donors (Lipinski definition) is 2. The number of morpholine rings is 1. The summed E-state index contributed by atoms with van der Waals surface area (Å²) in [5, 5.41) is 3.96. The lowest BCUT2D eigenvalue weighted by atomic mass is 10.2. The zero-order chi connectivity index (χ0) is 14.5. The molecule has 1 aliphatic heterocycles. The standard InChI is InChI=1S/C15H20N4O2/c20-15-12-3-1-2-4-13(12)17-14(18-15)11-16-5-6-19-7-9-21-10-8-19/h1-4,16H,5-11H2,(H,17,18,20). The predicted octanol–water partition coefficient (Wildman–Crippen LogP) is 0.345. The summed E-state index contributed by atoms with van der Waals surface area (Å²) in [7, 11) is 0. The van der Waals surface area contributed by atoms with Crippen LogP contribution < -0.4 is 10.9 Å². The van der Waals surface area contributed by atoms with Crippen LogP contribution in [-0.2, 0) is 11.3 Å². The molecule has 2 aromatic rings. The second-order valence-electron chi connectivity index (χ2n) is 5.16. The summed E-state index contributed by atoms with van der Waals surface area (Å²) in [5.41, 5.74) is 0.664. The third-order valence-electron chi connectivity index (χ3n) is 3.66. The molecular weight excluding hydrogens is 268 g/mol. The van der Waals surface area contributed by atoms with Crippen molar-refractivity contribution >= 4 is 10.9 Å². The zero-order valence-corrected chi connectivity index (χ0v) is 12.0. The van der Waals surface area contributed by atoms with Crippen molar-refractivity contribution in [2.24, 2.45) is 0 Å². The van der Waals surface area contributed by atoms with Gasteiger partial charge >= 0.3 is 0 Å². The minimum absolute atomic E-state index is 0.0782. The number of H-pyrrole nitrogens is 1. The molecule has 1 saturated heterocycles. The minimum Gasteiger partial charge on any atom is -0.379 e. The molecule has 2 heterocycles. The number of ether oxygens (including phenoxy) is 1. The van der Waals surface area contributed by atoms with Crippen molar-refractivity contribution in [3.63, 3.8) is 0 Å². The van der Waals surface area contributed by atoms with E-state index >= 15 is 0 Å². The molecule has 0 spiro atoms. The van der Waals surface area contributed by atoms with Crippen LogP contribution in [0.15, 0.2) is 29.1 Å². The minimum atomic E-state index is -0.0782. The number of para-hydroxylation sites is 1. The van der Waals surface area contributed by atoms with Gasteiger partial charge in [-0.15, -0.1) is 0 Å². The van der Waals surface area contributed by atoms with Gasteiger partial charge in [-0.1, -0.05) is 12.1 Å². The highest BCUT2D eigenvalue weighted by molar-refractivity contribution is 5.77. The molecule has 21 heavy (non-hydrogen) atoms. The number of rotatable bonds is 5. The van der Waals surface area contributed by atoms with Crippen molar-refractivity contribution in [3.05, 3.63) is 40.4 Å². The van der Waals surface area contributed by atoms with E-state index in [1.54, 1.807) is 6.07 Å². The van der Waals surface area contributed by atoms with Gasteiger partial charge in [0, 0.05) is 26.2 Å². The Balaban J connectivity index is 1.54. The fraction of sp³-hybridized carbons (Fsp3) is 0.467. The highest BCUT2D eigenvalue weighted by Crippen LogP contribution is 2.05. The average Bonchev–Trinajstić information content (AvgIpc) is 2.53. The van der Waals surface area contributed by atoms with Gasteiger partial charge in [-0.2, -0.15) is 0 Å². The van der Waals surface area contributed by atoms with Crippen molar-refractivity contribution in [1.82, 2.24) is 20.2 Å². The van der Waals surface area contributed by atoms with E-state index in [0.717, 1.165) is 44.9 Å². The van der Waals surface area contributed by atoms with Gasteiger partial charge in [-0.05, 0) is 12.1 Å². The highest BCUT2D eigenvalue weighted by atomic mass is 16.5. The smallest absolute Gasteiger partial charge is 0.258 e. The van der Waals surface area contributed by atoms with Gasteiger partial charge in [-0.3, -0.25) is 9.69 Å². The SMILES string of the molecule is O=c1[nH]c(CNCCN2CCOCC2)nc2ccccc12. The fourth-order valence-electron chi connectivity index (χ4n) is 2.49. The molecule has 1 aliphatic rings. The predicted molar refractivity (Wildman–Crippen MR) is 81.3 cm³/mol. The fourth-order valence-corrected chi connectivity index (χ4v) is 2.49. The van der Waals surface area contributed by atoms with E-state index in [0.29, 0.717) is 17.8 Å². The van der Waals surface area contributed by atoms with Crippen molar-refractivity contribution in [1.29, 1.82) is 0 Å². The Bertz CT molecular complexity index is 649. The lowest BCUT2D eigenvalue weighted by Gasteiger charge is -2.26. The summed E-state index contributed by atoms with van der Waals surface area (Å²) in [6.45, 7) is 6.06. The van der Waals surface area contributed by atoms with Crippen LogP contribution in [0.25, 0.3) is 10.9 Å². The molecule has 0 bridgehead atoms. The van der Waals surface area contributed by atoms with Crippen LogP contribution in [-0.4, -0.2) is 54.3 Å². The van der Waals surface area contributed by atoms with Gasteiger partial charge in [0.1, 0.15) is 5.82 Å². The van der Waals surface area contributed by atoms with Gasteiger partial charge in [0.2, 0.25) is 0 Å². The third kappa shape index (κ3) is 3.66. The molecule has 0 radical (unpaired) electrons. The topological polar surface area (TPSA) is 70.2 Å². The summed E-state index contributed by atoms with van der Waals surface area (Å²) < 4.78 is 5.32. The Morgan fingerprint density at radius 3 is 2.95 bits per heavy atom. The van der Waals surface area contributed by atoms with Crippen LogP contribution in [0, 0.1) is 0 Å². The van der Waals surface area contributed by atoms with Crippen LogP contribution in [0.2, 0.25) is 0 Å². The van der Waals surface area contributed by atoms with Crippen molar-refractivity contribution in [3.8, 4) is 0 Å². The quantitative estimate of drug-likeness (QED) is 0.777. The molecule has 0 aliphatic carbocycles. The summed E-state index contributed by atoms with van der Waals surface area (Å²) in [5.74, 6) is 0.681. The normalized spacial score (nSPS) is 16.4. The molecule has 6 nitrogen and oxygen atoms in total. The van der Waals surface area contributed by atoms with Crippen LogP contribution in [0.3, 0.4) is 0 Å². The van der Waals surface area contributed by atoms with E-state index in [1.807, 2.05) is 18.2 Å². The molecule has 1 aromatic heterocycles. The number of nitrogens with one attached hydrogen (secondary N) is 2. The maximum atomic E-state index is 11.9. The van der Waals surface area contributed by atoms with Gasteiger partial charge in [0.25, 0.3) is 5.56 Å². The summed E-state index contributed by atoms with van der Waals surface area (Å²) in [6, 6.07) is 7.39. The summed E-state index contributed by atoms with van der Waals surface area (Å²) in [4.78, 5) is 21.6. The first kappa shape index (κ1) is 14.2. The number of aromatic amines is 1. The number of aromatic nitrogens is 2. The van der Waals surface area contributed by atoms with E-state index in [-0.39, 0.29) is 5.56 Å². The van der Waals surface area contributed by atoms with Gasteiger partial charge in [0.15, 0.2) is 0 Å². The average molecular weight is 288 g/mol. The molecule has 2 N–H and O–H groups in total. The van der Waals surface area contributed by atoms with Crippen molar-refractivity contribution < 1.29 is 4.74 Å². The molecular formula is C15H20N4O2. The molecule has 3 rings (SSSR count). The molecule has 1 aromatic carbocycles.